The molecule has 0 fully saturated rings. The number of thioether (sulfide) groups is 1. The summed E-state index contributed by atoms with van der Waals surface area (Å²) in [4.78, 5) is 14.8. The number of benzene rings is 1. The van der Waals surface area contributed by atoms with Crippen LogP contribution in [0.5, 0.6) is 0 Å². The van der Waals surface area contributed by atoms with Crippen LogP contribution in [-0.2, 0) is 11.8 Å². The molecule has 5 nitrogen and oxygen atoms in total. The topological polar surface area (TPSA) is 68.0 Å². The Morgan fingerprint density at radius 3 is 2.95 bits per heavy atom. The van der Waals surface area contributed by atoms with E-state index in [4.69, 9.17) is 16.7 Å². The molecule has 19 heavy (non-hydrogen) atoms. The zero-order valence-electron chi connectivity index (χ0n) is 9.80. The van der Waals surface area contributed by atoms with Crippen molar-refractivity contribution in [1.29, 1.82) is 0 Å². The summed E-state index contributed by atoms with van der Waals surface area (Å²) in [6.45, 7) is 0. The van der Waals surface area contributed by atoms with E-state index in [1.807, 2.05) is 12.1 Å². The molecule has 1 aromatic heterocycles. The summed E-state index contributed by atoms with van der Waals surface area (Å²) >= 11 is 10.5. The quantitative estimate of drug-likeness (QED) is 0.847. The molecule has 0 atom stereocenters. The normalized spacial score (nSPS) is 10.7. The molecule has 0 aliphatic heterocycles. The Hall–Kier alpha value is -1.05. The van der Waals surface area contributed by atoms with E-state index in [1.165, 1.54) is 0 Å². The van der Waals surface area contributed by atoms with Crippen LogP contribution in [0, 0.1) is 0 Å². The number of nitrogens with zero attached hydrogens (tertiary/aromatic N) is 3. The number of aromatic nitrogens is 3. The van der Waals surface area contributed by atoms with Crippen molar-refractivity contribution in [3.63, 3.8) is 0 Å². The van der Waals surface area contributed by atoms with E-state index in [0.29, 0.717) is 16.0 Å². The fourth-order valence-electron chi connectivity index (χ4n) is 1.38. The van der Waals surface area contributed by atoms with Crippen LogP contribution in [-0.4, -0.2) is 31.6 Å². The maximum Gasteiger partial charge on any atom is 0.313 e. The van der Waals surface area contributed by atoms with Gasteiger partial charge in [0.25, 0.3) is 0 Å². The lowest BCUT2D eigenvalue weighted by atomic mass is 10.2. The fraction of sp³-hybridized carbons (Fsp3) is 0.182. The molecular weight excluding hydrogens is 354 g/mol. The van der Waals surface area contributed by atoms with Crippen molar-refractivity contribution in [3.8, 4) is 11.4 Å². The van der Waals surface area contributed by atoms with Crippen molar-refractivity contribution in [1.82, 2.24) is 14.8 Å². The number of halogens is 2. The minimum atomic E-state index is -0.888. The van der Waals surface area contributed by atoms with E-state index >= 15 is 0 Å². The molecule has 0 saturated heterocycles. The Balaban J connectivity index is 2.28. The summed E-state index contributed by atoms with van der Waals surface area (Å²) in [5.74, 6) is -0.418. The average Bonchev–Trinajstić information content (AvgIpc) is 2.71. The first-order valence-corrected chi connectivity index (χ1v) is 7.34. The van der Waals surface area contributed by atoms with E-state index in [2.05, 4.69) is 26.0 Å². The smallest absolute Gasteiger partial charge is 0.313 e. The van der Waals surface area contributed by atoms with Crippen molar-refractivity contribution in [2.75, 3.05) is 5.75 Å². The van der Waals surface area contributed by atoms with Gasteiger partial charge in [0.05, 0.1) is 10.8 Å². The van der Waals surface area contributed by atoms with Crippen LogP contribution in [0.2, 0.25) is 5.02 Å². The summed E-state index contributed by atoms with van der Waals surface area (Å²) < 4.78 is 2.35. The largest absolute Gasteiger partial charge is 0.481 e. The molecule has 0 amide bonds. The van der Waals surface area contributed by atoms with E-state index in [-0.39, 0.29) is 5.75 Å². The van der Waals surface area contributed by atoms with Gasteiger partial charge >= 0.3 is 5.97 Å². The third kappa shape index (κ3) is 3.49. The number of carboxylic acids is 1. The Morgan fingerprint density at radius 1 is 1.58 bits per heavy atom. The van der Waals surface area contributed by atoms with Gasteiger partial charge < -0.3 is 5.11 Å². The molecule has 0 radical (unpaired) electrons. The van der Waals surface area contributed by atoms with Crippen LogP contribution >= 0.6 is 39.3 Å². The van der Waals surface area contributed by atoms with E-state index < -0.39 is 5.97 Å². The standard InChI is InChI=1S/C11H9BrClN3O2S/c1-16-11(19-5-9(17)18)14-10(15-16)6-2-3-7(12)8(13)4-6/h2-4H,5H2,1H3,(H,17,18). The minimum Gasteiger partial charge on any atom is -0.481 e. The first kappa shape index (κ1) is 14.4. The van der Waals surface area contributed by atoms with Gasteiger partial charge in [-0.3, -0.25) is 4.79 Å². The van der Waals surface area contributed by atoms with Crippen LogP contribution in [0.4, 0.5) is 0 Å². The molecular formula is C11H9BrClN3O2S. The van der Waals surface area contributed by atoms with Crippen molar-refractivity contribution < 1.29 is 9.90 Å². The van der Waals surface area contributed by atoms with Gasteiger partial charge in [-0.2, -0.15) is 5.10 Å². The van der Waals surface area contributed by atoms with Gasteiger partial charge in [-0.15, -0.1) is 0 Å². The molecule has 1 N–H and O–H groups in total. The molecule has 0 spiro atoms. The first-order chi connectivity index (χ1) is 8.97. The number of hydrogen-bond acceptors (Lipinski definition) is 4. The lowest BCUT2D eigenvalue weighted by Gasteiger charge is -1.98. The van der Waals surface area contributed by atoms with Gasteiger partial charge in [0.2, 0.25) is 0 Å². The van der Waals surface area contributed by atoms with Crippen molar-refractivity contribution in [2.24, 2.45) is 7.05 Å². The Morgan fingerprint density at radius 2 is 2.32 bits per heavy atom. The summed E-state index contributed by atoms with van der Waals surface area (Å²) in [6, 6.07) is 5.42. The molecule has 1 heterocycles. The van der Waals surface area contributed by atoms with Crippen LogP contribution < -0.4 is 0 Å². The molecule has 100 valence electrons. The number of hydrogen-bond donors (Lipinski definition) is 1. The van der Waals surface area contributed by atoms with Gasteiger partial charge in [-0.1, -0.05) is 23.4 Å². The maximum atomic E-state index is 10.5. The van der Waals surface area contributed by atoms with Crippen molar-refractivity contribution >= 4 is 45.3 Å². The highest BCUT2D eigenvalue weighted by molar-refractivity contribution is 9.10. The van der Waals surface area contributed by atoms with Gasteiger partial charge in [0, 0.05) is 17.1 Å². The third-order valence-electron chi connectivity index (χ3n) is 2.23. The molecule has 0 unspecified atom stereocenters. The Labute approximate surface area is 127 Å². The Kier molecular flexibility index (Phi) is 4.49. The SMILES string of the molecule is Cn1nc(-c2ccc(Br)c(Cl)c2)nc1SCC(=O)O. The van der Waals surface area contributed by atoms with E-state index in [9.17, 15) is 4.79 Å². The average molecular weight is 363 g/mol. The molecule has 2 aromatic rings. The zero-order chi connectivity index (χ0) is 14.0. The summed E-state index contributed by atoms with van der Waals surface area (Å²) in [5.41, 5.74) is 0.783. The van der Waals surface area contributed by atoms with Gasteiger partial charge in [0.15, 0.2) is 11.0 Å². The number of aryl methyl sites for hydroxylation is 1. The molecule has 2 rings (SSSR count). The fourth-order valence-corrected chi connectivity index (χ4v) is 2.44. The first-order valence-electron chi connectivity index (χ1n) is 5.18. The van der Waals surface area contributed by atoms with Crippen LogP contribution in [0.1, 0.15) is 0 Å². The zero-order valence-corrected chi connectivity index (χ0v) is 13.0. The Bertz CT molecular complexity index is 632. The number of rotatable bonds is 4. The molecule has 0 bridgehead atoms. The predicted molar refractivity (Wildman–Crippen MR) is 77.5 cm³/mol. The van der Waals surface area contributed by atoms with Gasteiger partial charge in [0.1, 0.15) is 0 Å². The summed E-state index contributed by atoms with van der Waals surface area (Å²) in [6.07, 6.45) is 0. The third-order valence-corrected chi connectivity index (χ3v) is 4.46. The minimum absolute atomic E-state index is 0.0485. The lowest BCUT2D eigenvalue weighted by Crippen LogP contribution is -2.00. The van der Waals surface area contributed by atoms with Crippen LogP contribution in [0.25, 0.3) is 11.4 Å². The second-order valence-corrected chi connectivity index (χ2v) is 5.86. The van der Waals surface area contributed by atoms with Gasteiger partial charge in [-0.05, 0) is 34.1 Å². The summed E-state index contributed by atoms with van der Waals surface area (Å²) in [5, 5.41) is 14.0. The van der Waals surface area contributed by atoms with Crippen LogP contribution in [0.3, 0.4) is 0 Å². The van der Waals surface area contributed by atoms with Crippen molar-refractivity contribution in [2.45, 2.75) is 5.16 Å². The molecule has 1 aromatic carbocycles. The monoisotopic (exact) mass is 361 g/mol. The second kappa shape index (κ2) is 5.94. The van der Waals surface area contributed by atoms with Gasteiger partial charge in [-0.25, -0.2) is 9.67 Å². The van der Waals surface area contributed by atoms with E-state index in [1.54, 1.807) is 17.8 Å². The lowest BCUT2D eigenvalue weighted by molar-refractivity contribution is -0.133. The number of carbonyl (C=O) groups is 1. The number of carboxylic acid groups (broad SMARTS) is 1. The number of aliphatic carboxylic acids is 1. The highest BCUT2D eigenvalue weighted by Gasteiger charge is 2.12. The van der Waals surface area contributed by atoms with Crippen LogP contribution in [0.15, 0.2) is 27.8 Å². The highest BCUT2D eigenvalue weighted by Crippen LogP contribution is 2.28. The molecule has 0 aliphatic rings. The highest BCUT2D eigenvalue weighted by atomic mass is 79.9. The molecule has 8 heteroatoms. The molecule has 0 saturated carbocycles. The maximum absolute atomic E-state index is 10.5. The second-order valence-electron chi connectivity index (χ2n) is 3.65. The van der Waals surface area contributed by atoms with E-state index in [0.717, 1.165) is 21.8 Å². The predicted octanol–water partition coefficient (Wildman–Crippen LogP) is 3.07. The summed E-state index contributed by atoms with van der Waals surface area (Å²) in [7, 11) is 1.72. The molecule has 0 aliphatic carbocycles. The van der Waals surface area contributed by atoms with Crippen molar-refractivity contribution in [3.05, 3.63) is 27.7 Å².